The molecule has 1 amide bonds. The molecule has 1 aromatic carbocycles. The molecule has 6 nitrogen and oxygen atoms in total. The van der Waals surface area contributed by atoms with Crippen LogP contribution in [0.3, 0.4) is 0 Å². The van der Waals surface area contributed by atoms with E-state index in [1.165, 1.54) is 6.33 Å². The van der Waals surface area contributed by atoms with Gasteiger partial charge in [0.15, 0.2) is 0 Å². The molecule has 1 aliphatic rings. The third-order valence-electron chi connectivity index (χ3n) is 3.86. The summed E-state index contributed by atoms with van der Waals surface area (Å²) < 4.78 is 6.30. The van der Waals surface area contributed by atoms with Gasteiger partial charge in [0.2, 0.25) is 0 Å². The molecule has 0 radical (unpaired) electrons. The van der Waals surface area contributed by atoms with E-state index in [4.69, 9.17) is 4.74 Å². The summed E-state index contributed by atoms with van der Waals surface area (Å²) in [6.45, 7) is 2.53. The second-order valence-corrected chi connectivity index (χ2v) is 8.30. The quantitative estimate of drug-likeness (QED) is 0.697. The van der Waals surface area contributed by atoms with Crippen LogP contribution in [0.4, 0.5) is 5.82 Å². The fraction of sp³-hybridized carbons (Fsp3) is 0.438. The molecule has 0 saturated carbocycles. The Morgan fingerprint density at radius 1 is 1.42 bits per heavy atom. The van der Waals surface area contributed by atoms with Crippen LogP contribution in [0, 0.1) is 0 Å². The summed E-state index contributed by atoms with van der Waals surface area (Å²) >= 11 is 3.86. The van der Waals surface area contributed by atoms with Crippen molar-refractivity contribution in [1.29, 1.82) is 0 Å². The maximum absolute atomic E-state index is 12.9. The van der Waals surface area contributed by atoms with E-state index in [2.05, 4.69) is 37.0 Å². The topological polar surface area (TPSA) is 67.4 Å². The van der Waals surface area contributed by atoms with Crippen LogP contribution in [0.5, 0.6) is 0 Å². The number of benzene rings is 1. The van der Waals surface area contributed by atoms with Gasteiger partial charge in [-0.05, 0) is 0 Å². The van der Waals surface area contributed by atoms with Gasteiger partial charge in [-0.2, -0.15) is 0 Å². The van der Waals surface area contributed by atoms with Crippen molar-refractivity contribution in [2.45, 2.75) is 17.2 Å². The van der Waals surface area contributed by atoms with Crippen LogP contribution in [0.2, 0.25) is 11.1 Å². The van der Waals surface area contributed by atoms with Crippen molar-refractivity contribution in [3.63, 3.8) is 0 Å². The molecule has 1 aliphatic heterocycles. The molecule has 1 fully saturated rings. The van der Waals surface area contributed by atoms with Crippen molar-refractivity contribution in [3.05, 3.63) is 29.0 Å². The zero-order valence-electron chi connectivity index (χ0n) is 13.4. The Morgan fingerprint density at radius 2 is 2.21 bits per heavy atom. The predicted octanol–water partition coefficient (Wildman–Crippen LogP) is 2.20. The monoisotopic (exact) mass is 458 g/mol. The van der Waals surface area contributed by atoms with E-state index < -0.39 is 0 Å². The third-order valence-corrected chi connectivity index (χ3v) is 5.75. The Labute approximate surface area is 155 Å². The van der Waals surface area contributed by atoms with E-state index in [9.17, 15) is 4.79 Å². The van der Waals surface area contributed by atoms with Crippen LogP contribution >= 0.6 is 15.9 Å². The first-order chi connectivity index (χ1) is 11.7. The van der Waals surface area contributed by atoms with E-state index in [-0.39, 0.29) is 11.9 Å². The second-order valence-electron chi connectivity index (χ2n) is 5.47. The summed E-state index contributed by atoms with van der Waals surface area (Å²) in [6, 6.07) is 5.61. The first-order valence-electron chi connectivity index (χ1n) is 7.71. The first-order valence-corrected chi connectivity index (χ1v) is 11.4. The Morgan fingerprint density at radius 3 is 2.96 bits per heavy atom. The van der Waals surface area contributed by atoms with Crippen LogP contribution in [0.1, 0.15) is 0 Å². The number of hydrogen-bond acceptors (Lipinski definition) is 5. The van der Waals surface area contributed by atoms with Crippen molar-refractivity contribution in [2.24, 2.45) is 0 Å². The Bertz CT molecular complexity index is 724. The summed E-state index contributed by atoms with van der Waals surface area (Å²) in [5.41, 5.74) is 0.857. The number of halogens is 1. The molecule has 1 aromatic heterocycles. The molecule has 1 saturated heterocycles. The van der Waals surface area contributed by atoms with Gasteiger partial charge < -0.3 is 0 Å². The van der Waals surface area contributed by atoms with Gasteiger partial charge in [-0.25, -0.2) is 0 Å². The van der Waals surface area contributed by atoms with Crippen LogP contribution in [-0.4, -0.2) is 68.1 Å². The molecule has 2 heterocycles. The van der Waals surface area contributed by atoms with Crippen LogP contribution in [-0.2, 0) is 9.53 Å². The first kappa shape index (κ1) is 17.6. The minimum absolute atomic E-state index is 0.129. The molecule has 128 valence electrons. The molecule has 1 N–H and O–H groups in total. The molecule has 1 atom stereocenters. The number of aromatic nitrogens is 2. The average Bonchev–Trinajstić information content (AvgIpc) is 2.62. The SMILES string of the molecule is C[Se]C[C@H](Nc1ncnc2ccc(Br)cc12)C(=O)N1CCOCC1. The zero-order valence-corrected chi connectivity index (χ0v) is 16.7. The molecular formula is C16H19BrN4O2Se. The van der Waals surface area contributed by atoms with E-state index in [1.807, 2.05) is 23.1 Å². The molecule has 0 spiro atoms. The van der Waals surface area contributed by atoms with E-state index in [1.54, 1.807) is 0 Å². The third kappa shape index (κ3) is 4.06. The number of nitrogens with one attached hydrogen (secondary N) is 1. The summed E-state index contributed by atoms with van der Waals surface area (Å²) in [5.74, 6) is 2.98. The predicted molar refractivity (Wildman–Crippen MR) is 98.5 cm³/mol. The number of morpholine rings is 1. The maximum atomic E-state index is 12.9. The molecular weight excluding hydrogens is 439 g/mol. The molecule has 0 aliphatic carbocycles. The number of carbonyl (C=O) groups is 1. The standard InChI is InChI=1S/C16H19BrN4O2Se/c1-24-9-14(16(22)21-4-6-23-7-5-21)20-15-12-8-11(17)2-3-13(12)18-10-19-15/h2-3,8,10,14H,4-7,9H2,1H3,(H,18,19,20)/t14-/m0/s1. The summed E-state index contributed by atoms with van der Waals surface area (Å²) in [5, 5.41) is 5.09. The van der Waals surface area contributed by atoms with Gasteiger partial charge in [-0.3, -0.25) is 0 Å². The van der Waals surface area contributed by atoms with E-state index in [0.29, 0.717) is 47.1 Å². The zero-order chi connectivity index (χ0) is 16.9. The van der Waals surface area contributed by atoms with Gasteiger partial charge in [0.1, 0.15) is 0 Å². The molecule has 0 bridgehead atoms. The summed E-state index contributed by atoms with van der Waals surface area (Å²) in [6.07, 6.45) is 1.53. The van der Waals surface area contributed by atoms with Gasteiger partial charge in [-0.15, -0.1) is 0 Å². The van der Waals surface area contributed by atoms with Crippen molar-refractivity contribution in [3.8, 4) is 0 Å². The number of hydrogen-bond donors (Lipinski definition) is 1. The number of ether oxygens (including phenoxy) is 1. The van der Waals surface area contributed by atoms with Crippen molar-refractivity contribution < 1.29 is 9.53 Å². The second kappa shape index (κ2) is 8.25. The minimum atomic E-state index is -0.259. The molecule has 2 aromatic rings. The number of amides is 1. The Kier molecular flexibility index (Phi) is 6.05. The van der Waals surface area contributed by atoms with Gasteiger partial charge in [0.05, 0.1) is 0 Å². The molecule has 24 heavy (non-hydrogen) atoms. The number of nitrogens with zero attached hydrogens (tertiary/aromatic N) is 3. The van der Waals surface area contributed by atoms with Crippen molar-refractivity contribution in [2.75, 3.05) is 31.6 Å². The fourth-order valence-corrected chi connectivity index (χ4v) is 4.19. The normalized spacial score (nSPS) is 16.2. The molecule has 8 heteroatoms. The number of rotatable bonds is 5. The van der Waals surface area contributed by atoms with Gasteiger partial charge in [0, 0.05) is 0 Å². The van der Waals surface area contributed by atoms with Crippen LogP contribution in [0.15, 0.2) is 29.0 Å². The van der Waals surface area contributed by atoms with E-state index in [0.717, 1.165) is 20.7 Å². The molecule has 0 unspecified atom stereocenters. The summed E-state index contributed by atoms with van der Waals surface area (Å²) in [7, 11) is 0. The Balaban J connectivity index is 1.85. The van der Waals surface area contributed by atoms with Crippen molar-refractivity contribution in [1.82, 2.24) is 14.9 Å². The average molecular weight is 458 g/mol. The van der Waals surface area contributed by atoms with Gasteiger partial charge >= 0.3 is 156 Å². The summed E-state index contributed by atoms with van der Waals surface area (Å²) in [4.78, 5) is 23.4. The van der Waals surface area contributed by atoms with Gasteiger partial charge in [0.25, 0.3) is 0 Å². The van der Waals surface area contributed by atoms with Gasteiger partial charge in [-0.1, -0.05) is 0 Å². The number of carbonyl (C=O) groups excluding carboxylic acids is 1. The number of anilines is 1. The molecule has 3 rings (SSSR count). The van der Waals surface area contributed by atoms with Crippen LogP contribution in [0.25, 0.3) is 10.9 Å². The van der Waals surface area contributed by atoms with Crippen molar-refractivity contribution >= 4 is 53.5 Å². The van der Waals surface area contributed by atoms with E-state index >= 15 is 0 Å². The van der Waals surface area contributed by atoms with Crippen LogP contribution < -0.4 is 5.32 Å². The fourth-order valence-electron chi connectivity index (χ4n) is 2.65. The number of fused-ring (bicyclic) bond motifs is 1. The Hall–Kier alpha value is -1.21.